The Balaban J connectivity index is 2.58. The molecule has 0 saturated heterocycles. The van der Waals surface area contributed by atoms with E-state index in [-0.39, 0.29) is 11.9 Å². The standard InChI is InChI=1S/C13H20N2O3S/c1-4-9(2)11(12(16)17)14-13(18)15(3)7-10-5-6-19-8-10/h5-6,8-9,11H,4,7H2,1-3H3,(H,14,18)(H,16,17)/t9?,11-/m0/s1. The van der Waals surface area contributed by atoms with E-state index in [1.54, 1.807) is 18.4 Å². The summed E-state index contributed by atoms with van der Waals surface area (Å²) in [4.78, 5) is 24.6. The van der Waals surface area contributed by atoms with Crippen molar-refractivity contribution in [3.63, 3.8) is 0 Å². The Hall–Kier alpha value is -1.56. The van der Waals surface area contributed by atoms with E-state index in [9.17, 15) is 9.59 Å². The largest absolute Gasteiger partial charge is 0.480 e. The fraction of sp³-hybridized carbons (Fsp3) is 0.538. The van der Waals surface area contributed by atoms with E-state index >= 15 is 0 Å². The van der Waals surface area contributed by atoms with Gasteiger partial charge in [0.1, 0.15) is 6.04 Å². The van der Waals surface area contributed by atoms with Crippen LogP contribution < -0.4 is 5.32 Å². The maximum atomic E-state index is 12.0. The molecule has 0 aliphatic carbocycles. The van der Waals surface area contributed by atoms with Crippen molar-refractivity contribution in [3.8, 4) is 0 Å². The number of nitrogens with zero attached hydrogens (tertiary/aromatic N) is 1. The van der Waals surface area contributed by atoms with Gasteiger partial charge in [0.05, 0.1) is 0 Å². The van der Waals surface area contributed by atoms with Crippen molar-refractivity contribution in [2.75, 3.05) is 7.05 Å². The lowest BCUT2D eigenvalue weighted by molar-refractivity contribution is -0.140. The Bertz CT molecular complexity index is 420. The molecule has 1 unspecified atom stereocenters. The summed E-state index contributed by atoms with van der Waals surface area (Å²) in [5.74, 6) is -1.09. The Labute approximate surface area is 117 Å². The molecule has 6 heteroatoms. The maximum Gasteiger partial charge on any atom is 0.326 e. The molecule has 1 rings (SSSR count). The maximum absolute atomic E-state index is 12.0. The highest BCUT2D eigenvalue weighted by Gasteiger charge is 2.26. The number of thiophene rings is 1. The van der Waals surface area contributed by atoms with Crippen LogP contribution in [-0.4, -0.2) is 35.1 Å². The highest BCUT2D eigenvalue weighted by atomic mass is 32.1. The molecule has 0 aliphatic rings. The SMILES string of the molecule is CCC(C)[C@H](NC(=O)N(C)Cc1ccsc1)C(=O)O. The molecule has 0 spiro atoms. The van der Waals surface area contributed by atoms with E-state index in [1.807, 2.05) is 30.7 Å². The lowest BCUT2D eigenvalue weighted by atomic mass is 9.99. The number of urea groups is 1. The summed E-state index contributed by atoms with van der Waals surface area (Å²) in [6.45, 7) is 4.20. The number of carbonyl (C=O) groups excluding carboxylic acids is 1. The molecule has 2 N–H and O–H groups in total. The van der Waals surface area contributed by atoms with Gasteiger partial charge in [-0.3, -0.25) is 0 Å². The first kappa shape index (κ1) is 15.5. The average Bonchev–Trinajstić information content (AvgIpc) is 2.86. The Morgan fingerprint density at radius 2 is 2.21 bits per heavy atom. The summed E-state index contributed by atoms with van der Waals surface area (Å²) in [6, 6.07) is 0.735. The minimum Gasteiger partial charge on any atom is -0.480 e. The molecule has 1 aromatic heterocycles. The molecular weight excluding hydrogens is 264 g/mol. The molecule has 0 fully saturated rings. The molecular formula is C13H20N2O3S. The number of rotatable bonds is 6. The van der Waals surface area contributed by atoms with E-state index < -0.39 is 12.0 Å². The third-order valence-electron chi connectivity index (χ3n) is 3.10. The third-order valence-corrected chi connectivity index (χ3v) is 3.84. The summed E-state index contributed by atoms with van der Waals surface area (Å²) >= 11 is 1.57. The summed E-state index contributed by atoms with van der Waals surface area (Å²) in [5, 5.41) is 15.6. The molecule has 1 heterocycles. The predicted molar refractivity (Wildman–Crippen MR) is 75.2 cm³/mol. The fourth-order valence-electron chi connectivity index (χ4n) is 1.65. The van der Waals surface area contributed by atoms with Crippen LogP contribution in [0.4, 0.5) is 4.79 Å². The third kappa shape index (κ3) is 4.55. The summed E-state index contributed by atoms with van der Waals surface area (Å²) in [6.07, 6.45) is 0.700. The fourth-order valence-corrected chi connectivity index (χ4v) is 2.31. The van der Waals surface area contributed by atoms with Crippen molar-refractivity contribution < 1.29 is 14.7 Å². The van der Waals surface area contributed by atoms with Gasteiger partial charge in [-0.2, -0.15) is 11.3 Å². The molecule has 19 heavy (non-hydrogen) atoms. The van der Waals surface area contributed by atoms with Gasteiger partial charge in [-0.1, -0.05) is 20.3 Å². The van der Waals surface area contributed by atoms with Crippen molar-refractivity contribution in [1.82, 2.24) is 10.2 Å². The van der Waals surface area contributed by atoms with Crippen molar-refractivity contribution in [2.24, 2.45) is 5.92 Å². The molecule has 0 radical (unpaired) electrons. The summed E-state index contributed by atoms with van der Waals surface area (Å²) in [5.41, 5.74) is 1.04. The highest BCUT2D eigenvalue weighted by Crippen LogP contribution is 2.11. The molecule has 0 bridgehead atoms. The van der Waals surface area contributed by atoms with Gasteiger partial charge in [0, 0.05) is 13.6 Å². The lowest BCUT2D eigenvalue weighted by Gasteiger charge is -2.24. The molecule has 5 nitrogen and oxygen atoms in total. The quantitative estimate of drug-likeness (QED) is 0.842. The molecule has 0 saturated carbocycles. The lowest BCUT2D eigenvalue weighted by Crippen LogP contribution is -2.49. The normalized spacial score (nSPS) is 13.6. The van der Waals surface area contributed by atoms with Crippen LogP contribution in [0.25, 0.3) is 0 Å². The van der Waals surface area contributed by atoms with Crippen LogP contribution in [0.3, 0.4) is 0 Å². The molecule has 0 aromatic carbocycles. The Morgan fingerprint density at radius 3 is 2.68 bits per heavy atom. The van der Waals surface area contributed by atoms with E-state index in [4.69, 9.17) is 5.11 Å². The first-order valence-corrected chi connectivity index (χ1v) is 7.15. The van der Waals surface area contributed by atoms with Crippen LogP contribution in [0.5, 0.6) is 0 Å². The second-order valence-corrected chi connectivity index (χ2v) is 5.42. The van der Waals surface area contributed by atoms with Gasteiger partial charge in [0.25, 0.3) is 0 Å². The zero-order valence-electron chi connectivity index (χ0n) is 11.4. The van der Waals surface area contributed by atoms with Crippen molar-refractivity contribution >= 4 is 23.3 Å². The zero-order chi connectivity index (χ0) is 14.4. The van der Waals surface area contributed by atoms with E-state index in [0.717, 1.165) is 5.56 Å². The van der Waals surface area contributed by atoms with Gasteiger partial charge in [-0.25, -0.2) is 9.59 Å². The second-order valence-electron chi connectivity index (χ2n) is 4.64. The minimum atomic E-state index is -0.994. The van der Waals surface area contributed by atoms with Gasteiger partial charge in [-0.15, -0.1) is 0 Å². The van der Waals surface area contributed by atoms with E-state index in [2.05, 4.69) is 5.32 Å². The number of aliphatic carboxylic acids is 1. The first-order valence-electron chi connectivity index (χ1n) is 6.21. The van der Waals surface area contributed by atoms with Crippen LogP contribution in [0.1, 0.15) is 25.8 Å². The number of carbonyl (C=O) groups is 2. The average molecular weight is 284 g/mol. The number of carboxylic acid groups (broad SMARTS) is 1. The van der Waals surface area contributed by atoms with Crippen LogP contribution in [0, 0.1) is 5.92 Å². The molecule has 106 valence electrons. The minimum absolute atomic E-state index is 0.101. The number of amides is 2. The molecule has 2 amide bonds. The first-order chi connectivity index (χ1) is 8.95. The molecule has 1 aromatic rings. The number of carboxylic acids is 1. The van der Waals surface area contributed by atoms with Gasteiger partial charge in [-0.05, 0) is 28.3 Å². The van der Waals surface area contributed by atoms with Gasteiger partial charge in [0.15, 0.2) is 0 Å². The number of nitrogens with one attached hydrogen (secondary N) is 1. The van der Waals surface area contributed by atoms with Gasteiger partial charge in [0.2, 0.25) is 0 Å². The topological polar surface area (TPSA) is 69.6 Å². The van der Waals surface area contributed by atoms with Crippen LogP contribution >= 0.6 is 11.3 Å². The van der Waals surface area contributed by atoms with Crippen molar-refractivity contribution in [2.45, 2.75) is 32.9 Å². The summed E-state index contributed by atoms with van der Waals surface area (Å²) < 4.78 is 0. The smallest absolute Gasteiger partial charge is 0.326 e. The Morgan fingerprint density at radius 1 is 1.53 bits per heavy atom. The van der Waals surface area contributed by atoms with Crippen LogP contribution in [0.2, 0.25) is 0 Å². The zero-order valence-corrected chi connectivity index (χ0v) is 12.2. The van der Waals surface area contributed by atoms with Crippen LogP contribution in [0.15, 0.2) is 16.8 Å². The number of hydrogen-bond donors (Lipinski definition) is 2. The van der Waals surface area contributed by atoms with Gasteiger partial charge >= 0.3 is 12.0 Å². The van der Waals surface area contributed by atoms with Crippen molar-refractivity contribution in [1.29, 1.82) is 0 Å². The highest BCUT2D eigenvalue weighted by molar-refractivity contribution is 7.07. The van der Waals surface area contributed by atoms with E-state index in [0.29, 0.717) is 13.0 Å². The molecule has 2 atom stereocenters. The van der Waals surface area contributed by atoms with Crippen LogP contribution in [-0.2, 0) is 11.3 Å². The van der Waals surface area contributed by atoms with Gasteiger partial charge < -0.3 is 15.3 Å². The molecule has 0 aliphatic heterocycles. The second kappa shape index (κ2) is 7.13. The van der Waals surface area contributed by atoms with Crippen molar-refractivity contribution in [3.05, 3.63) is 22.4 Å². The Kier molecular flexibility index (Phi) is 5.82. The summed E-state index contributed by atoms with van der Waals surface area (Å²) in [7, 11) is 1.66. The predicted octanol–water partition coefficient (Wildman–Crippen LogP) is 2.39. The van der Waals surface area contributed by atoms with E-state index in [1.165, 1.54) is 4.90 Å². The monoisotopic (exact) mass is 284 g/mol. The number of hydrogen-bond acceptors (Lipinski definition) is 3.